The molecule has 0 aliphatic rings. The molecule has 8 nitrogen and oxygen atoms in total. The standard InChI is InChI=1S/C21H18N6O2/c28-20(22-14-16-7-4-12-29-16)9-8-19-23-24-21-18-13-17(15-5-2-1-3-6-15)25-27(18)11-10-26(19)21/h1-7,10-13H,8-9,14H2,(H,22,28). The van der Waals surface area contributed by atoms with E-state index in [9.17, 15) is 4.79 Å². The fourth-order valence-electron chi connectivity index (χ4n) is 3.29. The summed E-state index contributed by atoms with van der Waals surface area (Å²) in [6, 6.07) is 15.6. The van der Waals surface area contributed by atoms with E-state index < -0.39 is 0 Å². The second-order valence-corrected chi connectivity index (χ2v) is 6.69. The van der Waals surface area contributed by atoms with Crippen LogP contribution >= 0.6 is 0 Å². The molecule has 0 unspecified atom stereocenters. The fraction of sp³-hybridized carbons (Fsp3) is 0.143. The normalized spacial score (nSPS) is 11.3. The number of amides is 1. The lowest BCUT2D eigenvalue weighted by Gasteiger charge is -2.03. The lowest BCUT2D eigenvalue weighted by Crippen LogP contribution is -2.23. The Morgan fingerprint density at radius 2 is 1.97 bits per heavy atom. The molecular formula is C21H18N6O2. The molecule has 8 heteroatoms. The molecule has 144 valence electrons. The number of aromatic nitrogens is 5. The van der Waals surface area contributed by atoms with Gasteiger partial charge in [0.05, 0.1) is 18.5 Å². The minimum atomic E-state index is -0.0602. The molecule has 5 aromatic rings. The van der Waals surface area contributed by atoms with Crippen LogP contribution in [-0.4, -0.2) is 30.1 Å². The van der Waals surface area contributed by atoms with Gasteiger partial charge < -0.3 is 9.73 Å². The molecule has 0 aliphatic heterocycles. The zero-order chi connectivity index (χ0) is 19.6. The van der Waals surface area contributed by atoms with Crippen molar-refractivity contribution in [1.82, 2.24) is 29.5 Å². The summed E-state index contributed by atoms with van der Waals surface area (Å²) < 4.78 is 8.92. The number of carbonyl (C=O) groups is 1. The Labute approximate surface area is 165 Å². The van der Waals surface area contributed by atoms with E-state index in [-0.39, 0.29) is 5.91 Å². The van der Waals surface area contributed by atoms with Gasteiger partial charge in [-0.3, -0.25) is 9.20 Å². The number of furan rings is 1. The average molecular weight is 386 g/mol. The van der Waals surface area contributed by atoms with Gasteiger partial charge in [-0.2, -0.15) is 5.10 Å². The molecule has 0 radical (unpaired) electrons. The Hall–Kier alpha value is -3.94. The number of benzene rings is 1. The van der Waals surface area contributed by atoms with Gasteiger partial charge in [0.25, 0.3) is 0 Å². The molecular weight excluding hydrogens is 368 g/mol. The molecule has 0 bridgehead atoms. The molecule has 1 aromatic carbocycles. The smallest absolute Gasteiger partial charge is 0.220 e. The fourth-order valence-corrected chi connectivity index (χ4v) is 3.29. The SMILES string of the molecule is O=C(CCc1nnc2c3cc(-c4ccccc4)nn3ccn12)NCc1ccco1. The maximum Gasteiger partial charge on any atom is 0.220 e. The topological polar surface area (TPSA) is 89.7 Å². The van der Waals surface area contributed by atoms with Crippen molar-refractivity contribution in [2.24, 2.45) is 0 Å². The number of fused-ring (bicyclic) bond motifs is 3. The van der Waals surface area contributed by atoms with Crippen molar-refractivity contribution >= 4 is 17.1 Å². The third-order valence-electron chi connectivity index (χ3n) is 4.77. The van der Waals surface area contributed by atoms with Gasteiger partial charge in [-0.25, -0.2) is 4.52 Å². The molecule has 29 heavy (non-hydrogen) atoms. The van der Waals surface area contributed by atoms with Crippen LogP contribution in [0.2, 0.25) is 0 Å². The summed E-state index contributed by atoms with van der Waals surface area (Å²) in [5.41, 5.74) is 3.50. The van der Waals surface area contributed by atoms with Gasteiger partial charge in [0.1, 0.15) is 17.1 Å². The molecule has 0 saturated heterocycles. The molecule has 1 amide bonds. The summed E-state index contributed by atoms with van der Waals surface area (Å²) in [5.74, 6) is 1.40. The molecule has 0 atom stereocenters. The number of nitrogens with one attached hydrogen (secondary N) is 1. The number of rotatable bonds is 6. The quantitative estimate of drug-likeness (QED) is 0.485. The van der Waals surface area contributed by atoms with Gasteiger partial charge in [-0.1, -0.05) is 30.3 Å². The van der Waals surface area contributed by atoms with Crippen molar-refractivity contribution in [3.8, 4) is 11.3 Å². The number of hydrogen-bond acceptors (Lipinski definition) is 5. The predicted molar refractivity (Wildman–Crippen MR) is 106 cm³/mol. The summed E-state index contributed by atoms with van der Waals surface area (Å²) in [4.78, 5) is 12.1. The van der Waals surface area contributed by atoms with Gasteiger partial charge in [0.2, 0.25) is 5.91 Å². The highest BCUT2D eigenvalue weighted by molar-refractivity contribution is 5.77. The summed E-state index contributed by atoms with van der Waals surface area (Å²) in [7, 11) is 0. The first-order valence-corrected chi connectivity index (χ1v) is 9.34. The monoisotopic (exact) mass is 386 g/mol. The Bertz CT molecular complexity index is 1270. The minimum absolute atomic E-state index is 0.0602. The second-order valence-electron chi connectivity index (χ2n) is 6.69. The molecule has 0 fully saturated rings. The van der Waals surface area contributed by atoms with Crippen molar-refractivity contribution in [3.63, 3.8) is 0 Å². The van der Waals surface area contributed by atoms with E-state index in [1.165, 1.54) is 0 Å². The van der Waals surface area contributed by atoms with Crippen LogP contribution in [0.5, 0.6) is 0 Å². The Kier molecular flexibility index (Phi) is 4.28. The molecule has 0 spiro atoms. The predicted octanol–water partition coefficient (Wildman–Crippen LogP) is 2.89. The van der Waals surface area contributed by atoms with Gasteiger partial charge in [-0.15, -0.1) is 10.2 Å². The van der Waals surface area contributed by atoms with Crippen molar-refractivity contribution in [1.29, 1.82) is 0 Å². The second kappa shape index (κ2) is 7.23. The van der Waals surface area contributed by atoms with Crippen LogP contribution in [0, 0.1) is 0 Å². The summed E-state index contributed by atoms with van der Waals surface area (Å²) in [6.45, 7) is 0.380. The highest BCUT2D eigenvalue weighted by Crippen LogP contribution is 2.21. The number of nitrogens with zero attached hydrogens (tertiary/aromatic N) is 5. The first-order chi connectivity index (χ1) is 14.3. The largest absolute Gasteiger partial charge is 0.467 e. The van der Waals surface area contributed by atoms with E-state index in [0.29, 0.717) is 25.0 Å². The Morgan fingerprint density at radius 1 is 1.07 bits per heavy atom. The molecule has 4 heterocycles. The van der Waals surface area contributed by atoms with Crippen molar-refractivity contribution < 1.29 is 9.21 Å². The van der Waals surface area contributed by atoms with Gasteiger partial charge in [0, 0.05) is 30.8 Å². The number of aryl methyl sites for hydroxylation is 1. The molecule has 0 saturated carbocycles. The van der Waals surface area contributed by atoms with Crippen LogP contribution in [0.15, 0.2) is 71.6 Å². The minimum Gasteiger partial charge on any atom is -0.467 e. The molecule has 4 aromatic heterocycles. The van der Waals surface area contributed by atoms with Crippen LogP contribution in [-0.2, 0) is 17.8 Å². The van der Waals surface area contributed by atoms with E-state index in [1.54, 1.807) is 16.8 Å². The molecule has 5 rings (SSSR count). The maximum absolute atomic E-state index is 12.1. The van der Waals surface area contributed by atoms with E-state index in [0.717, 1.165) is 28.4 Å². The van der Waals surface area contributed by atoms with Crippen LogP contribution in [0.4, 0.5) is 0 Å². The zero-order valence-corrected chi connectivity index (χ0v) is 15.5. The first-order valence-electron chi connectivity index (χ1n) is 9.34. The van der Waals surface area contributed by atoms with Crippen molar-refractivity contribution in [2.45, 2.75) is 19.4 Å². The van der Waals surface area contributed by atoms with Gasteiger partial charge in [-0.05, 0) is 18.2 Å². The highest BCUT2D eigenvalue weighted by atomic mass is 16.3. The Morgan fingerprint density at radius 3 is 2.79 bits per heavy atom. The summed E-state index contributed by atoms with van der Waals surface area (Å²) >= 11 is 0. The summed E-state index contributed by atoms with van der Waals surface area (Å²) in [5, 5.41) is 16.1. The lowest BCUT2D eigenvalue weighted by molar-refractivity contribution is -0.121. The van der Waals surface area contributed by atoms with Crippen LogP contribution in [0.25, 0.3) is 22.4 Å². The van der Waals surface area contributed by atoms with Crippen LogP contribution in [0.3, 0.4) is 0 Å². The van der Waals surface area contributed by atoms with E-state index in [2.05, 4.69) is 20.6 Å². The van der Waals surface area contributed by atoms with Crippen molar-refractivity contribution in [3.05, 3.63) is 78.8 Å². The van der Waals surface area contributed by atoms with Crippen molar-refractivity contribution in [2.75, 3.05) is 0 Å². The zero-order valence-electron chi connectivity index (χ0n) is 15.5. The maximum atomic E-state index is 12.1. The van der Waals surface area contributed by atoms with E-state index >= 15 is 0 Å². The van der Waals surface area contributed by atoms with E-state index in [1.807, 2.05) is 59.3 Å². The number of hydrogen-bond donors (Lipinski definition) is 1. The summed E-state index contributed by atoms with van der Waals surface area (Å²) in [6.07, 6.45) is 6.14. The van der Waals surface area contributed by atoms with Crippen LogP contribution in [0.1, 0.15) is 18.0 Å². The highest BCUT2D eigenvalue weighted by Gasteiger charge is 2.13. The van der Waals surface area contributed by atoms with Gasteiger partial charge in [0.15, 0.2) is 5.65 Å². The third-order valence-corrected chi connectivity index (χ3v) is 4.77. The number of carbonyl (C=O) groups excluding carboxylic acids is 1. The van der Waals surface area contributed by atoms with Gasteiger partial charge >= 0.3 is 0 Å². The lowest BCUT2D eigenvalue weighted by atomic mass is 10.1. The first kappa shape index (κ1) is 17.2. The molecule has 1 N–H and O–H groups in total. The third kappa shape index (κ3) is 3.36. The van der Waals surface area contributed by atoms with Crippen LogP contribution < -0.4 is 5.32 Å². The molecule has 0 aliphatic carbocycles. The van der Waals surface area contributed by atoms with E-state index in [4.69, 9.17) is 4.42 Å². The Balaban J connectivity index is 1.35. The average Bonchev–Trinajstić information content (AvgIpc) is 3.50.